The van der Waals surface area contributed by atoms with Gasteiger partial charge in [0.05, 0.1) is 7.11 Å². The van der Waals surface area contributed by atoms with E-state index in [1.807, 2.05) is 29.2 Å². The molecule has 1 N–H and O–H groups in total. The number of ether oxygens (including phenoxy) is 1. The molecule has 1 aromatic carbocycles. The number of aromatic amines is 1. The molecule has 1 aliphatic carbocycles. The third-order valence-electron chi connectivity index (χ3n) is 6.20. The molecule has 4 rings (SSSR count). The first-order chi connectivity index (χ1) is 13.1. The average Bonchev–Trinajstić information content (AvgIpc) is 3.43. The van der Waals surface area contributed by atoms with Crippen molar-refractivity contribution in [3.63, 3.8) is 0 Å². The predicted octanol–water partition coefficient (Wildman–Crippen LogP) is 3.57. The van der Waals surface area contributed by atoms with Crippen LogP contribution in [-0.4, -0.2) is 46.2 Å². The second-order valence-corrected chi connectivity index (χ2v) is 7.93. The summed E-state index contributed by atoms with van der Waals surface area (Å²) in [5.74, 6) is 2.85. The molecule has 2 fully saturated rings. The Balaban J connectivity index is 1.59. The summed E-state index contributed by atoms with van der Waals surface area (Å²) in [5.41, 5.74) is 0.810. The molecule has 144 valence electrons. The third-order valence-corrected chi connectivity index (χ3v) is 6.20. The molecule has 6 nitrogen and oxygen atoms in total. The fourth-order valence-corrected chi connectivity index (χ4v) is 4.82. The van der Waals surface area contributed by atoms with Gasteiger partial charge in [-0.15, -0.1) is 0 Å². The van der Waals surface area contributed by atoms with E-state index >= 15 is 0 Å². The Morgan fingerprint density at radius 3 is 2.93 bits per heavy atom. The van der Waals surface area contributed by atoms with Crippen molar-refractivity contribution in [2.45, 2.75) is 51.4 Å². The highest BCUT2D eigenvalue weighted by atomic mass is 16.5. The number of rotatable bonds is 5. The number of aryl methyl sites for hydroxylation is 1. The maximum Gasteiger partial charge on any atom is 0.254 e. The van der Waals surface area contributed by atoms with E-state index in [1.54, 1.807) is 7.11 Å². The molecule has 1 unspecified atom stereocenters. The van der Waals surface area contributed by atoms with Crippen LogP contribution >= 0.6 is 0 Å². The van der Waals surface area contributed by atoms with Crippen LogP contribution < -0.4 is 4.74 Å². The summed E-state index contributed by atoms with van der Waals surface area (Å²) in [6.07, 6.45) is 6.71. The van der Waals surface area contributed by atoms with Crippen LogP contribution in [0.4, 0.5) is 0 Å². The summed E-state index contributed by atoms with van der Waals surface area (Å²) in [4.78, 5) is 19.9. The highest BCUT2D eigenvalue weighted by Crippen LogP contribution is 2.52. The van der Waals surface area contributed by atoms with Gasteiger partial charge in [-0.05, 0) is 42.9 Å². The second-order valence-electron chi connectivity index (χ2n) is 7.93. The third kappa shape index (κ3) is 3.33. The summed E-state index contributed by atoms with van der Waals surface area (Å²) in [6.45, 7) is 3.63. The Morgan fingerprint density at radius 2 is 2.19 bits per heavy atom. The van der Waals surface area contributed by atoms with Gasteiger partial charge in [0, 0.05) is 31.0 Å². The zero-order valence-corrected chi connectivity index (χ0v) is 16.2. The van der Waals surface area contributed by atoms with Crippen LogP contribution in [0, 0.1) is 5.41 Å². The van der Waals surface area contributed by atoms with Gasteiger partial charge in [0.25, 0.3) is 5.91 Å². The van der Waals surface area contributed by atoms with Gasteiger partial charge in [-0.1, -0.05) is 25.8 Å². The van der Waals surface area contributed by atoms with E-state index < -0.39 is 0 Å². The highest BCUT2D eigenvalue weighted by Gasteiger charge is 2.51. The first-order valence-electron chi connectivity index (χ1n) is 10.00. The van der Waals surface area contributed by atoms with E-state index in [-0.39, 0.29) is 17.2 Å². The quantitative estimate of drug-likeness (QED) is 0.876. The van der Waals surface area contributed by atoms with Crippen molar-refractivity contribution in [1.82, 2.24) is 20.1 Å². The molecule has 1 saturated carbocycles. The minimum Gasteiger partial charge on any atom is -0.497 e. The van der Waals surface area contributed by atoms with Crippen molar-refractivity contribution in [2.75, 3.05) is 20.2 Å². The maximum atomic E-state index is 13.2. The fourth-order valence-electron chi connectivity index (χ4n) is 4.82. The maximum absolute atomic E-state index is 13.2. The predicted molar refractivity (Wildman–Crippen MR) is 103 cm³/mol. The number of aromatic nitrogens is 3. The number of benzene rings is 1. The van der Waals surface area contributed by atoms with Crippen molar-refractivity contribution < 1.29 is 9.53 Å². The molecule has 27 heavy (non-hydrogen) atoms. The van der Waals surface area contributed by atoms with Crippen LogP contribution in [-0.2, 0) is 6.42 Å². The lowest BCUT2D eigenvalue weighted by Crippen LogP contribution is -2.31. The van der Waals surface area contributed by atoms with Gasteiger partial charge in [0.1, 0.15) is 11.6 Å². The smallest absolute Gasteiger partial charge is 0.254 e. The number of H-pyrrole nitrogens is 1. The van der Waals surface area contributed by atoms with Crippen LogP contribution in [0.25, 0.3) is 0 Å². The molecule has 1 spiro atoms. The Bertz CT molecular complexity index is 810. The van der Waals surface area contributed by atoms with Crippen LogP contribution in [0.5, 0.6) is 5.75 Å². The van der Waals surface area contributed by atoms with E-state index in [9.17, 15) is 4.79 Å². The molecule has 2 heterocycles. The zero-order chi connectivity index (χ0) is 18.9. The van der Waals surface area contributed by atoms with Crippen molar-refractivity contribution in [1.29, 1.82) is 0 Å². The van der Waals surface area contributed by atoms with E-state index in [4.69, 9.17) is 9.72 Å². The zero-order valence-electron chi connectivity index (χ0n) is 16.2. The van der Waals surface area contributed by atoms with E-state index in [0.717, 1.165) is 43.9 Å². The number of carbonyl (C=O) groups is 1. The SMILES string of the molecule is CCCc1nc(C2CN(C(=O)c3cccc(OC)c3)CC23CCCC3)n[nH]1. The number of carbonyl (C=O) groups excluding carboxylic acids is 1. The largest absolute Gasteiger partial charge is 0.497 e. The van der Waals surface area contributed by atoms with Gasteiger partial charge in [0.15, 0.2) is 5.82 Å². The molecule has 1 atom stereocenters. The van der Waals surface area contributed by atoms with Crippen molar-refractivity contribution in [3.8, 4) is 5.75 Å². The second kappa shape index (κ2) is 7.33. The molecule has 1 saturated heterocycles. The van der Waals surface area contributed by atoms with Crippen LogP contribution in [0.1, 0.15) is 67.0 Å². The van der Waals surface area contributed by atoms with Gasteiger partial charge in [0.2, 0.25) is 0 Å². The minimum absolute atomic E-state index is 0.0759. The monoisotopic (exact) mass is 368 g/mol. The molecule has 2 aromatic rings. The lowest BCUT2D eigenvalue weighted by Gasteiger charge is -2.27. The van der Waals surface area contributed by atoms with Crippen LogP contribution in [0.2, 0.25) is 0 Å². The molecule has 1 aliphatic heterocycles. The first kappa shape index (κ1) is 18.0. The molecule has 1 amide bonds. The number of hydrogen-bond donors (Lipinski definition) is 1. The van der Waals surface area contributed by atoms with Crippen LogP contribution in [0.15, 0.2) is 24.3 Å². The van der Waals surface area contributed by atoms with E-state index in [0.29, 0.717) is 17.9 Å². The van der Waals surface area contributed by atoms with Crippen molar-refractivity contribution in [2.24, 2.45) is 5.41 Å². The average molecular weight is 368 g/mol. The molecule has 2 aliphatic rings. The number of likely N-dealkylation sites (tertiary alicyclic amines) is 1. The molecule has 0 radical (unpaired) electrons. The van der Waals surface area contributed by atoms with Crippen molar-refractivity contribution >= 4 is 5.91 Å². The number of nitrogens with zero attached hydrogens (tertiary/aromatic N) is 3. The fraction of sp³-hybridized carbons (Fsp3) is 0.571. The lowest BCUT2D eigenvalue weighted by atomic mass is 9.76. The van der Waals surface area contributed by atoms with Gasteiger partial charge < -0.3 is 9.64 Å². The first-order valence-corrected chi connectivity index (χ1v) is 10.00. The Morgan fingerprint density at radius 1 is 1.37 bits per heavy atom. The van der Waals surface area contributed by atoms with Gasteiger partial charge in [-0.2, -0.15) is 5.10 Å². The molecule has 1 aromatic heterocycles. The highest BCUT2D eigenvalue weighted by molar-refractivity contribution is 5.95. The minimum atomic E-state index is 0.0759. The number of methoxy groups -OCH3 is 1. The summed E-state index contributed by atoms with van der Waals surface area (Å²) in [5, 5.41) is 7.64. The van der Waals surface area contributed by atoms with Crippen LogP contribution in [0.3, 0.4) is 0 Å². The summed E-state index contributed by atoms with van der Waals surface area (Å²) < 4.78 is 5.28. The van der Waals surface area contributed by atoms with Crippen molar-refractivity contribution in [3.05, 3.63) is 41.5 Å². The number of amides is 1. The number of nitrogens with one attached hydrogen (secondary N) is 1. The van der Waals surface area contributed by atoms with E-state index in [1.165, 1.54) is 12.8 Å². The summed E-state index contributed by atoms with van der Waals surface area (Å²) in [6, 6.07) is 7.43. The molecule has 0 bridgehead atoms. The van der Waals surface area contributed by atoms with Gasteiger partial charge in [-0.25, -0.2) is 4.98 Å². The summed E-state index contributed by atoms with van der Waals surface area (Å²) >= 11 is 0. The van der Waals surface area contributed by atoms with E-state index in [2.05, 4.69) is 17.1 Å². The standard InChI is InChI=1S/C21H28N4O2/c1-3-7-18-22-19(24-23-18)17-13-25(14-21(17)10-4-5-11-21)20(26)15-8-6-9-16(12-15)27-2/h6,8-9,12,17H,3-5,7,10-11,13-14H2,1-2H3,(H,22,23,24). The molecule has 6 heteroatoms. The number of hydrogen-bond acceptors (Lipinski definition) is 4. The van der Waals surface area contributed by atoms with Gasteiger partial charge >= 0.3 is 0 Å². The Kier molecular flexibility index (Phi) is 4.89. The Labute approximate surface area is 160 Å². The lowest BCUT2D eigenvalue weighted by molar-refractivity contribution is 0.0773. The van der Waals surface area contributed by atoms with Gasteiger partial charge in [-0.3, -0.25) is 9.89 Å². The molecular formula is C21H28N4O2. The summed E-state index contributed by atoms with van der Waals surface area (Å²) in [7, 11) is 1.63. The topological polar surface area (TPSA) is 71.1 Å². The Hall–Kier alpha value is -2.37. The normalized spacial score (nSPS) is 21.1. The molecular weight excluding hydrogens is 340 g/mol.